The predicted molar refractivity (Wildman–Crippen MR) is 84.3 cm³/mol. The first-order valence-corrected chi connectivity index (χ1v) is 7.31. The topological polar surface area (TPSA) is 62.6 Å². The monoisotopic (exact) mass is 298 g/mol. The van der Waals surface area contributed by atoms with E-state index in [0.717, 1.165) is 11.3 Å². The maximum Gasteiger partial charge on any atom is 0.259 e. The van der Waals surface area contributed by atoms with Crippen molar-refractivity contribution in [1.29, 1.82) is 0 Å². The molecule has 114 valence electrons. The Balaban J connectivity index is 1.83. The summed E-state index contributed by atoms with van der Waals surface area (Å²) in [4.78, 5) is 25.9. The fourth-order valence-electron chi connectivity index (χ4n) is 2.86. The maximum absolute atomic E-state index is 12.3. The van der Waals surface area contributed by atoms with Crippen molar-refractivity contribution in [3.05, 3.63) is 46.9 Å². The van der Waals surface area contributed by atoms with Gasteiger partial charge in [0.1, 0.15) is 11.5 Å². The molecule has 1 aromatic carbocycles. The molecule has 0 unspecified atom stereocenters. The Labute approximate surface area is 128 Å². The molecule has 0 aliphatic carbocycles. The number of furan rings is 1. The molecule has 0 atom stereocenters. The molecule has 1 aliphatic rings. The van der Waals surface area contributed by atoms with Crippen LogP contribution in [0.5, 0.6) is 0 Å². The van der Waals surface area contributed by atoms with Crippen molar-refractivity contribution in [1.82, 2.24) is 0 Å². The van der Waals surface area contributed by atoms with Gasteiger partial charge in [-0.3, -0.25) is 9.59 Å². The first-order chi connectivity index (χ1) is 10.5. The SMILES string of the molecule is CCN1C(=O)Cc2cc(NC(=O)c3cc(C)oc3C)ccc21. The Bertz CT molecular complexity index is 761. The van der Waals surface area contributed by atoms with Crippen LogP contribution in [0.25, 0.3) is 0 Å². The zero-order chi connectivity index (χ0) is 15.9. The molecule has 0 spiro atoms. The van der Waals surface area contributed by atoms with Crippen LogP contribution in [0.15, 0.2) is 28.7 Å². The van der Waals surface area contributed by atoms with Gasteiger partial charge in [0.2, 0.25) is 5.91 Å². The standard InChI is InChI=1S/C17H18N2O3/c1-4-19-15-6-5-13(8-12(15)9-16(19)20)18-17(21)14-7-10(2)22-11(14)3/h5-8H,4,9H2,1-3H3,(H,18,21). The number of fused-ring (bicyclic) bond motifs is 1. The van der Waals surface area contributed by atoms with Crippen LogP contribution in [0.1, 0.15) is 34.4 Å². The maximum atomic E-state index is 12.3. The smallest absolute Gasteiger partial charge is 0.259 e. The van der Waals surface area contributed by atoms with E-state index in [-0.39, 0.29) is 11.8 Å². The average Bonchev–Trinajstić information content (AvgIpc) is 2.96. The number of hydrogen-bond acceptors (Lipinski definition) is 3. The minimum absolute atomic E-state index is 0.0993. The zero-order valence-corrected chi connectivity index (χ0v) is 12.9. The van der Waals surface area contributed by atoms with Gasteiger partial charge < -0.3 is 14.6 Å². The molecule has 0 fully saturated rings. The average molecular weight is 298 g/mol. The van der Waals surface area contributed by atoms with Crippen molar-refractivity contribution >= 4 is 23.2 Å². The number of anilines is 2. The summed E-state index contributed by atoms with van der Waals surface area (Å²) >= 11 is 0. The van der Waals surface area contributed by atoms with E-state index >= 15 is 0 Å². The molecule has 1 aromatic heterocycles. The first-order valence-electron chi connectivity index (χ1n) is 7.31. The molecule has 2 amide bonds. The van der Waals surface area contributed by atoms with Crippen LogP contribution in [0.4, 0.5) is 11.4 Å². The van der Waals surface area contributed by atoms with Gasteiger partial charge in [-0.25, -0.2) is 0 Å². The van der Waals surface area contributed by atoms with Gasteiger partial charge in [-0.1, -0.05) is 0 Å². The Kier molecular flexibility index (Phi) is 3.48. The van der Waals surface area contributed by atoms with Gasteiger partial charge in [0, 0.05) is 17.9 Å². The Hall–Kier alpha value is -2.56. The lowest BCUT2D eigenvalue weighted by Crippen LogP contribution is -2.25. The van der Waals surface area contributed by atoms with E-state index in [4.69, 9.17) is 4.42 Å². The van der Waals surface area contributed by atoms with Gasteiger partial charge in [-0.05, 0) is 50.6 Å². The minimum atomic E-state index is -0.203. The summed E-state index contributed by atoms with van der Waals surface area (Å²) in [7, 11) is 0. The van der Waals surface area contributed by atoms with Crippen LogP contribution in [0, 0.1) is 13.8 Å². The number of carbonyl (C=O) groups is 2. The molecule has 3 rings (SSSR count). The summed E-state index contributed by atoms with van der Waals surface area (Å²) in [6.07, 6.45) is 0.386. The van der Waals surface area contributed by atoms with E-state index in [2.05, 4.69) is 5.32 Å². The summed E-state index contributed by atoms with van der Waals surface area (Å²) in [6.45, 7) is 6.18. The molecule has 1 N–H and O–H groups in total. The highest BCUT2D eigenvalue weighted by molar-refractivity contribution is 6.06. The van der Waals surface area contributed by atoms with Gasteiger partial charge in [0.25, 0.3) is 5.91 Å². The van der Waals surface area contributed by atoms with Gasteiger partial charge in [0.05, 0.1) is 12.0 Å². The van der Waals surface area contributed by atoms with Crippen LogP contribution < -0.4 is 10.2 Å². The van der Waals surface area contributed by atoms with Crippen molar-refractivity contribution in [2.24, 2.45) is 0 Å². The molecular formula is C17H18N2O3. The normalized spacial score (nSPS) is 13.4. The third-order valence-corrected chi connectivity index (χ3v) is 3.87. The molecule has 22 heavy (non-hydrogen) atoms. The van der Waals surface area contributed by atoms with Crippen LogP contribution >= 0.6 is 0 Å². The predicted octanol–water partition coefficient (Wildman–Crippen LogP) is 3.06. The van der Waals surface area contributed by atoms with E-state index < -0.39 is 0 Å². The third-order valence-electron chi connectivity index (χ3n) is 3.87. The number of hydrogen-bond donors (Lipinski definition) is 1. The summed E-state index contributed by atoms with van der Waals surface area (Å²) in [5, 5.41) is 2.86. The molecule has 5 heteroatoms. The van der Waals surface area contributed by atoms with E-state index in [9.17, 15) is 9.59 Å². The van der Waals surface area contributed by atoms with Gasteiger partial charge in [-0.2, -0.15) is 0 Å². The number of likely N-dealkylation sites (N-methyl/N-ethyl adjacent to an activating group) is 1. The molecular weight excluding hydrogens is 280 g/mol. The molecule has 2 heterocycles. The quantitative estimate of drug-likeness (QED) is 0.947. The number of carbonyl (C=O) groups excluding carboxylic acids is 2. The highest BCUT2D eigenvalue weighted by Gasteiger charge is 2.26. The van der Waals surface area contributed by atoms with Crippen molar-refractivity contribution in [2.45, 2.75) is 27.2 Å². The number of rotatable bonds is 3. The second kappa shape index (κ2) is 5.33. The number of nitrogens with one attached hydrogen (secondary N) is 1. The Morgan fingerprint density at radius 3 is 2.73 bits per heavy atom. The summed E-state index contributed by atoms with van der Waals surface area (Å²) in [5.41, 5.74) is 3.10. The number of aryl methyl sites for hydroxylation is 2. The van der Waals surface area contributed by atoms with Crippen LogP contribution in [-0.2, 0) is 11.2 Å². The minimum Gasteiger partial charge on any atom is -0.466 e. The van der Waals surface area contributed by atoms with Crippen LogP contribution in [-0.4, -0.2) is 18.4 Å². The van der Waals surface area contributed by atoms with Gasteiger partial charge >= 0.3 is 0 Å². The van der Waals surface area contributed by atoms with Crippen LogP contribution in [0.2, 0.25) is 0 Å². The fraction of sp³-hybridized carbons (Fsp3) is 0.294. The first kappa shape index (κ1) is 14.4. The summed E-state index contributed by atoms with van der Waals surface area (Å²) < 4.78 is 5.38. The summed E-state index contributed by atoms with van der Waals surface area (Å²) in [6, 6.07) is 7.29. The molecule has 2 aromatic rings. The van der Waals surface area contributed by atoms with Crippen molar-refractivity contribution in [3.63, 3.8) is 0 Å². The highest BCUT2D eigenvalue weighted by Crippen LogP contribution is 2.31. The highest BCUT2D eigenvalue weighted by atomic mass is 16.3. The molecule has 0 saturated heterocycles. The molecule has 1 aliphatic heterocycles. The largest absolute Gasteiger partial charge is 0.466 e. The number of amides is 2. The van der Waals surface area contributed by atoms with E-state index in [1.807, 2.05) is 32.0 Å². The van der Waals surface area contributed by atoms with E-state index in [0.29, 0.717) is 35.7 Å². The fourth-order valence-corrected chi connectivity index (χ4v) is 2.86. The number of nitrogens with zero attached hydrogens (tertiary/aromatic N) is 1. The summed E-state index contributed by atoms with van der Waals surface area (Å²) in [5.74, 6) is 1.21. The zero-order valence-electron chi connectivity index (χ0n) is 12.9. The Morgan fingerprint density at radius 1 is 1.32 bits per heavy atom. The van der Waals surface area contributed by atoms with E-state index in [1.54, 1.807) is 17.9 Å². The lowest BCUT2D eigenvalue weighted by Gasteiger charge is -2.14. The molecule has 0 radical (unpaired) electrons. The number of benzene rings is 1. The third kappa shape index (κ3) is 2.39. The molecule has 5 nitrogen and oxygen atoms in total. The lowest BCUT2D eigenvalue weighted by molar-refractivity contribution is -0.117. The van der Waals surface area contributed by atoms with Crippen molar-refractivity contribution < 1.29 is 14.0 Å². The van der Waals surface area contributed by atoms with Gasteiger partial charge in [-0.15, -0.1) is 0 Å². The van der Waals surface area contributed by atoms with Gasteiger partial charge in [0.15, 0.2) is 0 Å². The Morgan fingerprint density at radius 2 is 2.09 bits per heavy atom. The molecule has 0 bridgehead atoms. The second-order valence-corrected chi connectivity index (χ2v) is 5.44. The second-order valence-electron chi connectivity index (χ2n) is 5.44. The van der Waals surface area contributed by atoms with E-state index in [1.165, 1.54) is 0 Å². The lowest BCUT2D eigenvalue weighted by atomic mass is 10.1. The van der Waals surface area contributed by atoms with Crippen molar-refractivity contribution in [3.8, 4) is 0 Å². The molecule has 0 saturated carbocycles. The van der Waals surface area contributed by atoms with Crippen LogP contribution in [0.3, 0.4) is 0 Å². The van der Waals surface area contributed by atoms with Crippen molar-refractivity contribution in [2.75, 3.05) is 16.8 Å².